The fourth-order valence-electron chi connectivity index (χ4n) is 2.83. The number of nitrogens with one attached hydrogen (secondary N) is 1. The molecule has 1 aromatic heterocycles. The quantitative estimate of drug-likeness (QED) is 0.787. The maximum atomic E-state index is 12.7. The Morgan fingerprint density at radius 2 is 2.08 bits per heavy atom. The smallest absolute Gasteiger partial charge is 0.349 e. The first-order valence-corrected chi connectivity index (χ1v) is 10.3. The molecule has 1 fully saturated rings. The summed E-state index contributed by atoms with van der Waals surface area (Å²) in [7, 11) is -2.77. The Kier molecular flexibility index (Phi) is 5.01. The molecule has 3 rings (SSSR count). The number of ether oxygens (including phenoxy) is 1. The van der Waals surface area contributed by atoms with E-state index < -0.39 is 16.0 Å². The summed E-state index contributed by atoms with van der Waals surface area (Å²) in [5.74, 6) is -0.674. The fraction of sp³-hybridized carbons (Fsp3) is 0.294. The third-order valence-corrected chi connectivity index (χ3v) is 6.56. The number of benzene rings is 1. The summed E-state index contributed by atoms with van der Waals surface area (Å²) in [6, 6.07) is 6.38. The number of sulfonamides is 1. The standard InChI is InChI=1S/C17H18N2O5S2/c1-11-5-6-12(10-13(11)19-8-3-4-15(19)20)18-26(22,23)14-7-9-25-16(14)17(21)24-2/h5-7,9-10,18H,3-4,8H2,1-2H3. The van der Waals surface area contributed by atoms with Gasteiger partial charge in [0.2, 0.25) is 5.91 Å². The topological polar surface area (TPSA) is 92.8 Å². The van der Waals surface area contributed by atoms with Crippen molar-refractivity contribution in [3.63, 3.8) is 0 Å². The van der Waals surface area contributed by atoms with Crippen molar-refractivity contribution in [3.05, 3.63) is 40.1 Å². The Balaban J connectivity index is 1.93. The number of hydrogen-bond donors (Lipinski definition) is 1. The highest BCUT2D eigenvalue weighted by atomic mass is 32.2. The number of rotatable bonds is 5. The Morgan fingerprint density at radius 3 is 2.73 bits per heavy atom. The zero-order valence-corrected chi connectivity index (χ0v) is 15.9. The zero-order valence-electron chi connectivity index (χ0n) is 14.3. The van der Waals surface area contributed by atoms with Crippen molar-refractivity contribution in [2.75, 3.05) is 23.3 Å². The van der Waals surface area contributed by atoms with Crippen LogP contribution in [0.15, 0.2) is 34.5 Å². The van der Waals surface area contributed by atoms with Gasteiger partial charge in [0.1, 0.15) is 9.77 Å². The van der Waals surface area contributed by atoms with Crippen LogP contribution in [0.5, 0.6) is 0 Å². The van der Waals surface area contributed by atoms with E-state index >= 15 is 0 Å². The predicted octanol–water partition coefficient (Wildman–Crippen LogP) is 2.77. The van der Waals surface area contributed by atoms with E-state index in [4.69, 9.17) is 0 Å². The van der Waals surface area contributed by atoms with Gasteiger partial charge >= 0.3 is 5.97 Å². The summed E-state index contributed by atoms with van der Waals surface area (Å²) >= 11 is 0.999. The van der Waals surface area contributed by atoms with Crippen LogP contribution in [-0.2, 0) is 19.6 Å². The predicted molar refractivity (Wildman–Crippen MR) is 99.2 cm³/mol. The highest BCUT2D eigenvalue weighted by Crippen LogP contribution is 2.30. The lowest BCUT2D eigenvalue weighted by atomic mass is 10.1. The molecule has 0 radical (unpaired) electrons. The van der Waals surface area contributed by atoms with Crippen molar-refractivity contribution in [1.29, 1.82) is 0 Å². The lowest BCUT2D eigenvalue weighted by Gasteiger charge is -2.19. The third-order valence-electron chi connectivity index (χ3n) is 4.11. The molecule has 0 saturated carbocycles. The Bertz CT molecular complexity index is 965. The summed E-state index contributed by atoms with van der Waals surface area (Å²) in [5, 5.41) is 1.52. The minimum atomic E-state index is -3.97. The Labute approximate surface area is 155 Å². The molecule has 7 nitrogen and oxygen atoms in total. The van der Waals surface area contributed by atoms with Crippen molar-refractivity contribution < 1.29 is 22.7 Å². The van der Waals surface area contributed by atoms with Crippen molar-refractivity contribution in [1.82, 2.24) is 0 Å². The van der Waals surface area contributed by atoms with E-state index in [0.29, 0.717) is 24.3 Å². The number of aryl methyl sites for hydroxylation is 1. The van der Waals surface area contributed by atoms with Gasteiger partial charge in [0, 0.05) is 18.7 Å². The van der Waals surface area contributed by atoms with E-state index in [9.17, 15) is 18.0 Å². The second-order valence-corrected chi connectivity index (χ2v) is 8.43. The van der Waals surface area contributed by atoms with E-state index in [1.54, 1.807) is 23.1 Å². The number of anilines is 2. The minimum absolute atomic E-state index is 0.0158. The molecule has 1 amide bonds. The van der Waals surface area contributed by atoms with E-state index in [2.05, 4.69) is 9.46 Å². The molecule has 1 aliphatic rings. The number of amides is 1. The van der Waals surface area contributed by atoms with Crippen molar-refractivity contribution in [3.8, 4) is 0 Å². The molecule has 0 unspecified atom stereocenters. The molecular weight excluding hydrogens is 376 g/mol. The van der Waals surface area contributed by atoms with Gasteiger partial charge in [-0.15, -0.1) is 11.3 Å². The number of esters is 1. The van der Waals surface area contributed by atoms with Crippen LogP contribution in [-0.4, -0.2) is 33.9 Å². The van der Waals surface area contributed by atoms with Crippen molar-refractivity contribution in [2.45, 2.75) is 24.7 Å². The molecule has 1 aromatic carbocycles. The highest BCUT2D eigenvalue weighted by Gasteiger charge is 2.26. The SMILES string of the molecule is COC(=O)c1sccc1S(=O)(=O)Nc1ccc(C)c(N2CCCC2=O)c1. The Morgan fingerprint density at radius 1 is 1.31 bits per heavy atom. The number of hydrogen-bond acceptors (Lipinski definition) is 6. The van der Waals surface area contributed by atoms with Gasteiger partial charge in [0.05, 0.1) is 12.8 Å². The first kappa shape index (κ1) is 18.4. The van der Waals surface area contributed by atoms with E-state index in [-0.39, 0.29) is 15.7 Å². The summed E-state index contributed by atoms with van der Waals surface area (Å²) in [6.07, 6.45) is 1.28. The van der Waals surface area contributed by atoms with Crippen molar-refractivity contribution in [2.24, 2.45) is 0 Å². The van der Waals surface area contributed by atoms with Crippen molar-refractivity contribution >= 4 is 44.6 Å². The molecule has 1 N–H and O–H groups in total. The molecule has 0 bridgehead atoms. The van der Waals surface area contributed by atoms with Crippen LogP contribution < -0.4 is 9.62 Å². The van der Waals surface area contributed by atoms with Gasteiger partial charge in [-0.05, 0) is 42.5 Å². The normalized spacial score (nSPS) is 14.5. The fourth-order valence-corrected chi connectivity index (χ4v) is 5.21. The molecule has 138 valence electrons. The molecular formula is C17H18N2O5S2. The largest absolute Gasteiger partial charge is 0.465 e. The molecule has 26 heavy (non-hydrogen) atoms. The molecule has 2 heterocycles. The van der Waals surface area contributed by atoms with Crippen LogP contribution >= 0.6 is 11.3 Å². The summed E-state index contributed by atoms with van der Waals surface area (Å²) in [6.45, 7) is 2.49. The first-order valence-electron chi connectivity index (χ1n) is 7.93. The number of nitrogens with zero attached hydrogens (tertiary/aromatic N) is 1. The second kappa shape index (κ2) is 7.08. The van der Waals surface area contributed by atoms with Gasteiger partial charge in [-0.1, -0.05) is 6.07 Å². The van der Waals surface area contributed by atoms with E-state index in [0.717, 1.165) is 23.3 Å². The highest BCUT2D eigenvalue weighted by molar-refractivity contribution is 7.93. The second-order valence-electron chi connectivity index (χ2n) is 5.86. The van der Waals surface area contributed by atoms with Gasteiger partial charge in [-0.2, -0.15) is 0 Å². The van der Waals surface area contributed by atoms with Crippen LogP contribution in [0.1, 0.15) is 28.1 Å². The van der Waals surface area contributed by atoms with Gasteiger partial charge in [-0.3, -0.25) is 9.52 Å². The van der Waals surface area contributed by atoms with Gasteiger partial charge in [0.15, 0.2) is 0 Å². The zero-order chi connectivity index (χ0) is 18.9. The number of methoxy groups -OCH3 is 1. The molecule has 1 aliphatic heterocycles. The van der Waals surface area contributed by atoms with E-state index in [1.807, 2.05) is 6.92 Å². The molecule has 0 atom stereocenters. The summed E-state index contributed by atoms with van der Waals surface area (Å²) in [4.78, 5) is 25.3. The molecule has 1 saturated heterocycles. The average Bonchev–Trinajstić information content (AvgIpc) is 3.25. The van der Waals surface area contributed by atoms with Crippen LogP contribution in [0.25, 0.3) is 0 Å². The van der Waals surface area contributed by atoms with Crippen LogP contribution in [0, 0.1) is 6.92 Å². The summed E-state index contributed by atoms with van der Waals surface area (Å²) in [5.41, 5.74) is 1.90. The molecule has 0 spiro atoms. The Hall–Kier alpha value is -2.39. The van der Waals surface area contributed by atoms with Gasteiger partial charge in [-0.25, -0.2) is 13.2 Å². The number of carbonyl (C=O) groups excluding carboxylic acids is 2. The number of thiophene rings is 1. The minimum Gasteiger partial charge on any atom is -0.465 e. The number of carbonyl (C=O) groups is 2. The van der Waals surface area contributed by atoms with E-state index in [1.165, 1.54) is 18.6 Å². The maximum absolute atomic E-state index is 12.7. The monoisotopic (exact) mass is 394 g/mol. The average molecular weight is 394 g/mol. The molecule has 2 aromatic rings. The lowest BCUT2D eigenvalue weighted by Crippen LogP contribution is -2.24. The van der Waals surface area contributed by atoms with Crippen LogP contribution in [0.3, 0.4) is 0 Å². The molecule has 9 heteroatoms. The first-order chi connectivity index (χ1) is 12.3. The third kappa shape index (κ3) is 3.45. The maximum Gasteiger partial charge on any atom is 0.349 e. The lowest BCUT2D eigenvalue weighted by molar-refractivity contribution is -0.117. The van der Waals surface area contributed by atoms with Crippen LogP contribution in [0.2, 0.25) is 0 Å². The molecule has 0 aliphatic carbocycles. The summed E-state index contributed by atoms with van der Waals surface area (Å²) < 4.78 is 32.5. The van der Waals surface area contributed by atoms with Gasteiger partial charge < -0.3 is 9.64 Å². The van der Waals surface area contributed by atoms with Gasteiger partial charge in [0.25, 0.3) is 10.0 Å². The van der Waals surface area contributed by atoms with Crippen LogP contribution in [0.4, 0.5) is 11.4 Å².